The zero-order chi connectivity index (χ0) is 21.6. The van der Waals surface area contributed by atoms with Crippen LogP contribution in [0.2, 0.25) is 0 Å². The van der Waals surface area contributed by atoms with Gasteiger partial charge in [-0.25, -0.2) is 13.1 Å². The SMILES string of the molecule is COc1ccc(CNC(=O)C2CCC(CNS(=O)(=O)c3ccc(C)cc3)CC2)cc1. The maximum atomic E-state index is 12.5. The summed E-state index contributed by atoms with van der Waals surface area (Å²) in [5.74, 6) is 1.12. The fourth-order valence-electron chi connectivity index (χ4n) is 3.73. The standard InChI is InChI=1S/C23H30N2O4S/c1-17-3-13-22(14-4-17)30(27,28)25-16-19-5-9-20(10-6-19)23(26)24-15-18-7-11-21(29-2)12-8-18/h3-4,7-8,11-14,19-20,25H,5-6,9-10,15-16H2,1-2H3,(H,24,26). The molecule has 1 saturated carbocycles. The van der Waals surface area contributed by atoms with Crippen LogP contribution in [0.1, 0.15) is 36.8 Å². The molecule has 1 fully saturated rings. The van der Waals surface area contributed by atoms with Crippen LogP contribution < -0.4 is 14.8 Å². The van der Waals surface area contributed by atoms with Gasteiger partial charge in [0.25, 0.3) is 0 Å². The van der Waals surface area contributed by atoms with Crippen molar-refractivity contribution in [2.45, 2.75) is 44.0 Å². The fourth-order valence-corrected chi connectivity index (χ4v) is 4.85. The molecule has 0 atom stereocenters. The van der Waals surface area contributed by atoms with Gasteiger partial charge in [0.1, 0.15) is 5.75 Å². The second-order valence-electron chi connectivity index (χ2n) is 7.95. The van der Waals surface area contributed by atoms with E-state index >= 15 is 0 Å². The highest BCUT2D eigenvalue weighted by atomic mass is 32.2. The Morgan fingerprint density at radius 3 is 2.23 bits per heavy atom. The van der Waals surface area contributed by atoms with Crippen LogP contribution in [-0.2, 0) is 21.4 Å². The van der Waals surface area contributed by atoms with E-state index in [4.69, 9.17) is 4.74 Å². The van der Waals surface area contributed by atoms with Gasteiger partial charge in [-0.1, -0.05) is 29.8 Å². The lowest BCUT2D eigenvalue weighted by atomic mass is 9.81. The van der Waals surface area contributed by atoms with Crippen molar-refractivity contribution in [1.29, 1.82) is 0 Å². The Bertz CT molecular complexity index is 932. The highest BCUT2D eigenvalue weighted by Gasteiger charge is 2.27. The Morgan fingerprint density at radius 2 is 1.63 bits per heavy atom. The first-order chi connectivity index (χ1) is 14.4. The zero-order valence-electron chi connectivity index (χ0n) is 17.6. The van der Waals surface area contributed by atoms with Crippen molar-refractivity contribution < 1.29 is 17.9 Å². The van der Waals surface area contributed by atoms with Crippen LogP contribution in [0.4, 0.5) is 0 Å². The van der Waals surface area contributed by atoms with Crippen molar-refractivity contribution in [3.63, 3.8) is 0 Å². The number of benzene rings is 2. The van der Waals surface area contributed by atoms with E-state index in [0.717, 1.165) is 42.6 Å². The van der Waals surface area contributed by atoms with Crippen LogP contribution in [0.5, 0.6) is 5.75 Å². The molecule has 1 amide bonds. The number of aryl methyl sites for hydroxylation is 1. The molecular formula is C23H30N2O4S. The monoisotopic (exact) mass is 430 g/mol. The van der Waals surface area contributed by atoms with E-state index in [0.29, 0.717) is 18.0 Å². The molecular weight excluding hydrogens is 400 g/mol. The van der Waals surface area contributed by atoms with Crippen molar-refractivity contribution in [2.24, 2.45) is 11.8 Å². The van der Waals surface area contributed by atoms with Gasteiger partial charge >= 0.3 is 0 Å². The predicted molar refractivity (Wildman–Crippen MR) is 117 cm³/mol. The molecule has 0 bridgehead atoms. The van der Waals surface area contributed by atoms with Gasteiger partial charge in [0.15, 0.2) is 0 Å². The van der Waals surface area contributed by atoms with E-state index in [1.165, 1.54) is 0 Å². The average Bonchev–Trinajstić information content (AvgIpc) is 2.77. The number of rotatable bonds is 8. The Hall–Kier alpha value is -2.38. The van der Waals surface area contributed by atoms with Gasteiger partial charge in [0.05, 0.1) is 12.0 Å². The van der Waals surface area contributed by atoms with Crippen molar-refractivity contribution in [1.82, 2.24) is 10.0 Å². The summed E-state index contributed by atoms with van der Waals surface area (Å²) >= 11 is 0. The minimum Gasteiger partial charge on any atom is -0.497 e. The molecule has 0 spiro atoms. The third-order valence-corrected chi connectivity index (χ3v) is 7.18. The minimum absolute atomic E-state index is 0.00629. The molecule has 0 unspecified atom stereocenters. The normalized spacial score (nSPS) is 19.3. The van der Waals surface area contributed by atoms with Gasteiger partial charge in [-0.05, 0) is 68.4 Å². The van der Waals surface area contributed by atoms with Gasteiger partial charge in [-0.3, -0.25) is 4.79 Å². The predicted octanol–water partition coefficient (Wildman–Crippen LogP) is 3.40. The number of carbonyl (C=O) groups is 1. The Labute approximate surface area is 179 Å². The highest BCUT2D eigenvalue weighted by Crippen LogP contribution is 2.29. The number of carbonyl (C=O) groups excluding carboxylic acids is 1. The molecule has 0 saturated heterocycles. The quantitative estimate of drug-likeness (QED) is 0.672. The lowest BCUT2D eigenvalue weighted by Gasteiger charge is -2.28. The molecule has 2 N–H and O–H groups in total. The van der Waals surface area contributed by atoms with E-state index in [-0.39, 0.29) is 17.7 Å². The van der Waals surface area contributed by atoms with E-state index < -0.39 is 10.0 Å². The molecule has 162 valence electrons. The summed E-state index contributed by atoms with van der Waals surface area (Å²) in [6.45, 7) is 2.84. The number of sulfonamides is 1. The minimum atomic E-state index is -3.49. The summed E-state index contributed by atoms with van der Waals surface area (Å²) < 4.78 is 32.7. The first-order valence-corrected chi connectivity index (χ1v) is 11.8. The van der Waals surface area contributed by atoms with Crippen molar-refractivity contribution in [2.75, 3.05) is 13.7 Å². The summed E-state index contributed by atoms with van der Waals surface area (Å²) in [6.07, 6.45) is 3.25. The molecule has 0 radical (unpaired) electrons. The van der Waals surface area contributed by atoms with Crippen LogP contribution in [0.15, 0.2) is 53.4 Å². The molecule has 0 aromatic heterocycles. The van der Waals surface area contributed by atoms with Gasteiger partial charge in [0, 0.05) is 19.0 Å². The van der Waals surface area contributed by atoms with Crippen LogP contribution >= 0.6 is 0 Å². The number of ether oxygens (including phenoxy) is 1. The number of nitrogens with one attached hydrogen (secondary N) is 2. The van der Waals surface area contributed by atoms with Crippen molar-refractivity contribution in [3.05, 3.63) is 59.7 Å². The molecule has 1 aliphatic carbocycles. The van der Waals surface area contributed by atoms with Crippen LogP contribution in [0.3, 0.4) is 0 Å². The lowest BCUT2D eigenvalue weighted by molar-refractivity contribution is -0.126. The Kier molecular flexibility index (Phi) is 7.50. The molecule has 3 rings (SSSR count). The Balaban J connectivity index is 1.41. The van der Waals surface area contributed by atoms with Crippen molar-refractivity contribution in [3.8, 4) is 5.75 Å². The molecule has 2 aromatic rings. The topological polar surface area (TPSA) is 84.5 Å². The molecule has 0 heterocycles. The smallest absolute Gasteiger partial charge is 0.240 e. The van der Waals surface area contributed by atoms with E-state index in [9.17, 15) is 13.2 Å². The van der Waals surface area contributed by atoms with Crippen molar-refractivity contribution >= 4 is 15.9 Å². The summed E-state index contributed by atoms with van der Waals surface area (Å²) in [7, 11) is -1.86. The van der Waals surface area contributed by atoms with E-state index in [2.05, 4.69) is 10.0 Å². The summed E-state index contributed by atoms with van der Waals surface area (Å²) in [6, 6.07) is 14.5. The molecule has 2 aromatic carbocycles. The summed E-state index contributed by atoms with van der Waals surface area (Å²) in [5, 5.41) is 3.01. The van der Waals surface area contributed by atoms with Crippen LogP contribution in [0.25, 0.3) is 0 Å². The number of hydrogen-bond donors (Lipinski definition) is 2. The van der Waals surface area contributed by atoms with Gasteiger partial charge in [0.2, 0.25) is 15.9 Å². The molecule has 30 heavy (non-hydrogen) atoms. The largest absolute Gasteiger partial charge is 0.497 e. The van der Waals surface area contributed by atoms with Gasteiger partial charge in [-0.15, -0.1) is 0 Å². The van der Waals surface area contributed by atoms with E-state index in [1.54, 1.807) is 31.4 Å². The van der Waals surface area contributed by atoms with Crippen LogP contribution in [0, 0.1) is 18.8 Å². The third-order valence-electron chi connectivity index (χ3n) is 5.74. The Morgan fingerprint density at radius 1 is 1.00 bits per heavy atom. The second-order valence-corrected chi connectivity index (χ2v) is 9.72. The summed E-state index contributed by atoms with van der Waals surface area (Å²) in [5.41, 5.74) is 2.06. The molecule has 7 heteroatoms. The first kappa shape index (κ1) is 22.3. The average molecular weight is 431 g/mol. The van der Waals surface area contributed by atoms with Crippen LogP contribution in [-0.4, -0.2) is 28.0 Å². The summed E-state index contributed by atoms with van der Waals surface area (Å²) in [4.78, 5) is 12.8. The zero-order valence-corrected chi connectivity index (χ0v) is 18.4. The van der Waals surface area contributed by atoms with Gasteiger partial charge in [-0.2, -0.15) is 0 Å². The fraction of sp³-hybridized carbons (Fsp3) is 0.435. The maximum absolute atomic E-state index is 12.5. The highest BCUT2D eigenvalue weighted by molar-refractivity contribution is 7.89. The van der Waals surface area contributed by atoms with E-state index in [1.807, 2.05) is 31.2 Å². The molecule has 0 aliphatic heterocycles. The maximum Gasteiger partial charge on any atom is 0.240 e. The molecule has 1 aliphatic rings. The number of hydrogen-bond acceptors (Lipinski definition) is 4. The number of methoxy groups -OCH3 is 1. The third kappa shape index (κ3) is 6.06. The van der Waals surface area contributed by atoms with Gasteiger partial charge < -0.3 is 10.1 Å². The second kappa shape index (κ2) is 10.1. The first-order valence-electron chi connectivity index (χ1n) is 10.3. The molecule has 6 nitrogen and oxygen atoms in total. The lowest BCUT2D eigenvalue weighted by Crippen LogP contribution is -2.36. The number of amides is 1.